The largest absolute Gasteiger partial charge is 0.466 e. The van der Waals surface area contributed by atoms with Crippen LogP contribution in [0, 0.1) is 16.7 Å². The fourth-order valence-electron chi connectivity index (χ4n) is 4.00. The molecule has 1 aliphatic heterocycles. The van der Waals surface area contributed by atoms with Crippen molar-refractivity contribution in [3.05, 3.63) is 77.1 Å². The zero-order valence-corrected chi connectivity index (χ0v) is 23.1. The lowest BCUT2D eigenvalue weighted by molar-refractivity contribution is -0.138. The molecule has 0 aromatic heterocycles. The zero-order chi connectivity index (χ0) is 30.4. The van der Waals surface area contributed by atoms with Gasteiger partial charge in [-0.05, 0) is 50.2 Å². The van der Waals surface area contributed by atoms with Crippen molar-refractivity contribution in [3.63, 3.8) is 0 Å². The summed E-state index contributed by atoms with van der Waals surface area (Å²) in [5.41, 5.74) is 4.82. The number of esters is 1. The van der Waals surface area contributed by atoms with Crippen LogP contribution in [0.3, 0.4) is 0 Å². The highest BCUT2D eigenvalue weighted by molar-refractivity contribution is 7.81. The van der Waals surface area contributed by atoms with Gasteiger partial charge in [-0.1, -0.05) is 24.8 Å². The van der Waals surface area contributed by atoms with E-state index in [4.69, 9.17) is 15.9 Å². The van der Waals surface area contributed by atoms with Gasteiger partial charge in [0, 0.05) is 24.2 Å². The number of guanidine groups is 1. The number of anilines is 1. The zero-order valence-electron chi connectivity index (χ0n) is 22.3. The summed E-state index contributed by atoms with van der Waals surface area (Å²) in [5.74, 6) is -1.54. The van der Waals surface area contributed by atoms with Gasteiger partial charge in [0.15, 0.2) is 0 Å². The van der Waals surface area contributed by atoms with E-state index < -0.39 is 46.7 Å². The molecule has 10 nitrogen and oxygen atoms in total. The minimum Gasteiger partial charge on any atom is -0.466 e. The summed E-state index contributed by atoms with van der Waals surface area (Å²) in [6.07, 6.45) is 0.973. The number of hydrogen-bond donors (Lipinski definition) is 2. The minimum atomic E-state index is -4.69. The van der Waals surface area contributed by atoms with Crippen molar-refractivity contribution in [2.24, 2.45) is 5.73 Å². The van der Waals surface area contributed by atoms with E-state index in [1.54, 1.807) is 7.05 Å². The Labute approximate surface area is 232 Å². The molecule has 0 saturated carbocycles. The number of urea groups is 1. The highest BCUT2D eigenvalue weighted by atomic mass is 32.2. The predicted octanol–water partition coefficient (Wildman–Crippen LogP) is 3.83. The lowest BCUT2D eigenvalue weighted by Crippen LogP contribution is -2.59. The molecule has 2 atom stereocenters. The molecule has 0 radical (unpaired) electrons. The van der Waals surface area contributed by atoms with Gasteiger partial charge in [-0.2, -0.15) is 18.4 Å². The molecular weight excluding hydrogens is 549 g/mol. The number of benzene rings is 1. The van der Waals surface area contributed by atoms with Crippen molar-refractivity contribution in [2.45, 2.75) is 25.6 Å². The Morgan fingerprint density at radius 2 is 2.00 bits per heavy atom. The van der Waals surface area contributed by atoms with E-state index in [9.17, 15) is 32.2 Å². The van der Waals surface area contributed by atoms with Crippen molar-refractivity contribution in [3.8, 4) is 6.07 Å². The van der Waals surface area contributed by atoms with E-state index in [0.29, 0.717) is 5.57 Å². The average Bonchev–Trinajstić information content (AvgIpc) is 2.89. The van der Waals surface area contributed by atoms with Gasteiger partial charge >= 0.3 is 18.2 Å². The third-order valence-corrected chi connectivity index (χ3v) is 7.16. The molecule has 40 heavy (non-hydrogen) atoms. The number of methoxy groups -OCH3 is 1. The van der Waals surface area contributed by atoms with Gasteiger partial charge in [-0.3, -0.25) is 15.2 Å². The van der Waals surface area contributed by atoms with Crippen molar-refractivity contribution < 1.29 is 31.7 Å². The van der Waals surface area contributed by atoms with Crippen molar-refractivity contribution in [2.75, 3.05) is 31.9 Å². The number of allylic oxidation sites excluding steroid dienone is 5. The maximum Gasteiger partial charge on any atom is 0.416 e. The van der Waals surface area contributed by atoms with Gasteiger partial charge in [-0.25, -0.2) is 18.1 Å². The van der Waals surface area contributed by atoms with Gasteiger partial charge in [0.2, 0.25) is 5.96 Å². The molecule has 2 amide bonds. The van der Waals surface area contributed by atoms with Crippen LogP contribution in [-0.4, -0.2) is 64.4 Å². The van der Waals surface area contributed by atoms with E-state index in [1.165, 1.54) is 41.8 Å². The van der Waals surface area contributed by atoms with Gasteiger partial charge < -0.3 is 10.5 Å². The first-order valence-electron chi connectivity index (χ1n) is 11.6. The average molecular weight is 579 g/mol. The molecule has 2 rings (SSSR count). The Balaban J connectivity index is 2.90. The van der Waals surface area contributed by atoms with Crippen LogP contribution in [0.2, 0.25) is 0 Å². The van der Waals surface area contributed by atoms with Crippen LogP contribution >= 0.6 is 0 Å². The van der Waals surface area contributed by atoms with E-state index in [1.807, 2.05) is 6.07 Å². The van der Waals surface area contributed by atoms with E-state index in [2.05, 4.69) is 6.58 Å². The van der Waals surface area contributed by atoms with Crippen LogP contribution in [0.15, 0.2) is 71.5 Å². The second-order valence-corrected chi connectivity index (χ2v) is 9.98. The standard InChI is InChI=1S/C26H29F3N6O4S/c1-6-17(15-30)10-11-18(12-13-33(3)40(5)38)22-21(23(36)39-4)16(2)34(24(31)35(22)25(32)37)20-9-7-8-19(14-20)26(27,28)29/h6-11,14,22,31H,1,12-13H2,2-5H3,(H2,32,37)/b17-10+,18-11+,31-24?/t22-,40?/m1/s1. The number of rotatable bonds is 9. The quantitative estimate of drug-likeness (QED) is 0.259. The number of carbonyl (C=O) groups excluding carboxylic acids is 2. The molecule has 0 saturated heterocycles. The summed E-state index contributed by atoms with van der Waals surface area (Å²) in [5, 5.41) is 18.2. The number of nitriles is 1. The number of nitrogens with zero attached hydrogens (tertiary/aromatic N) is 4. The summed E-state index contributed by atoms with van der Waals surface area (Å²) >= 11 is 0. The number of hydrogen-bond acceptors (Lipinski definition) is 6. The Morgan fingerprint density at radius 3 is 2.50 bits per heavy atom. The third-order valence-electron chi connectivity index (χ3n) is 6.10. The lowest BCUT2D eigenvalue weighted by Gasteiger charge is -2.43. The molecule has 3 N–H and O–H groups in total. The molecule has 1 unspecified atom stereocenters. The first-order chi connectivity index (χ1) is 18.7. The van der Waals surface area contributed by atoms with Crippen molar-refractivity contribution >= 4 is 34.6 Å². The molecule has 1 aliphatic rings. The summed E-state index contributed by atoms with van der Waals surface area (Å²) in [6.45, 7) is 5.12. The molecule has 0 spiro atoms. The second kappa shape index (κ2) is 13.2. The van der Waals surface area contributed by atoms with Crippen LogP contribution < -0.4 is 10.6 Å². The predicted molar refractivity (Wildman–Crippen MR) is 145 cm³/mol. The molecule has 1 heterocycles. The van der Waals surface area contributed by atoms with Crippen LogP contribution in [0.25, 0.3) is 0 Å². The molecule has 1 aromatic rings. The molecule has 1 aromatic carbocycles. The Morgan fingerprint density at radius 1 is 1.35 bits per heavy atom. The van der Waals surface area contributed by atoms with Gasteiger partial charge in [0.05, 0.1) is 46.9 Å². The normalized spacial score (nSPS) is 17.6. The van der Waals surface area contributed by atoms with Crippen molar-refractivity contribution in [1.29, 1.82) is 10.7 Å². The summed E-state index contributed by atoms with van der Waals surface area (Å²) in [4.78, 5) is 27.7. The second-order valence-electron chi connectivity index (χ2n) is 8.51. The third kappa shape index (κ3) is 7.04. The summed E-state index contributed by atoms with van der Waals surface area (Å²) < 4.78 is 58.8. The smallest absolute Gasteiger partial charge is 0.416 e. The van der Waals surface area contributed by atoms with E-state index in [0.717, 1.165) is 35.1 Å². The number of amides is 2. The molecular formula is C26H29F3N6O4S. The lowest BCUT2D eigenvalue weighted by atomic mass is 9.90. The van der Waals surface area contributed by atoms with Crippen LogP contribution in [0.5, 0.6) is 0 Å². The fraction of sp³-hybridized carbons (Fsp3) is 0.308. The van der Waals surface area contributed by atoms with Crippen LogP contribution in [0.4, 0.5) is 23.7 Å². The fourth-order valence-corrected chi connectivity index (χ4v) is 4.35. The number of carbonyl (C=O) groups is 2. The highest BCUT2D eigenvalue weighted by Gasteiger charge is 2.44. The minimum absolute atomic E-state index is 0.0187. The first-order valence-corrected chi connectivity index (χ1v) is 13.1. The molecule has 0 aliphatic carbocycles. The topological polar surface area (TPSA) is 144 Å². The molecule has 0 bridgehead atoms. The Hall–Kier alpha value is -4.22. The summed E-state index contributed by atoms with van der Waals surface area (Å²) in [7, 11) is 1.31. The number of primary amides is 1. The van der Waals surface area contributed by atoms with Crippen LogP contribution in [0.1, 0.15) is 18.9 Å². The molecule has 0 fully saturated rings. The number of alkyl halides is 3. The molecule has 14 heteroatoms. The number of ether oxygens (including phenoxy) is 1. The maximum absolute atomic E-state index is 13.5. The van der Waals surface area contributed by atoms with Gasteiger partial charge in [0.25, 0.3) is 0 Å². The number of nitrogens with two attached hydrogens (primary N) is 1. The Kier molecular flexibility index (Phi) is 10.6. The Bertz CT molecular complexity index is 1360. The molecule has 214 valence electrons. The van der Waals surface area contributed by atoms with E-state index in [-0.39, 0.29) is 35.5 Å². The van der Waals surface area contributed by atoms with Crippen molar-refractivity contribution in [1.82, 2.24) is 9.21 Å². The number of nitrogens with one attached hydrogen (secondary N) is 1. The van der Waals surface area contributed by atoms with Crippen LogP contribution in [-0.2, 0) is 26.7 Å². The number of halogens is 3. The SMILES string of the molecule is C=C/C(C#N)=C\C=C(/CCN(C)S(C)=O)[C@@H]1C(C(=O)OC)=C(C)N(c2cccc(C(F)(F)F)c2)C(=N)N1C(N)=O. The summed E-state index contributed by atoms with van der Waals surface area (Å²) in [6, 6.07) is 3.46. The monoisotopic (exact) mass is 578 g/mol. The maximum atomic E-state index is 13.5. The highest BCUT2D eigenvalue weighted by Crippen LogP contribution is 2.38. The van der Waals surface area contributed by atoms with Gasteiger partial charge in [-0.15, -0.1) is 0 Å². The van der Waals surface area contributed by atoms with Gasteiger partial charge in [0.1, 0.15) is 0 Å². The van der Waals surface area contributed by atoms with E-state index >= 15 is 0 Å². The first kappa shape index (κ1) is 32.0.